The molecule has 0 saturated carbocycles. The average molecular weight is 588 g/mol. The fourth-order valence-corrected chi connectivity index (χ4v) is 5.73. The topological polar surface area (TPSA) is 86.8 Å². The number of carbonyl (C=O) groups is 2. The Hall–Kier alpha value is -3.43. The van der Waals surface area contributed by atoms with Crippen molar-refractivity contribution >= 4 is 39.1 Å². The van der Waals surface area contributed by atoms with E-state index in [9.17, 15) is 22.4 Å². The van der Waals surface area contributed by atoms with Crippen molar-refractivity contribution in [1.29, 1.82) is 0 Å². The van der Waals surface area contributed by atoms with Gasteiger partial charge in [0.1, 0.15) is 18.4 Å². The van der Waals surface area contributed by atoms with Crippen molar-refractivity contribution in [3.05, 3.63) is 94.8 Å². The van der Waals surface area contributed by atoms with Gasteiger partial charge in [-0.25, -0.2) is 12.8 Å². The molecule has 1 N–H and O–H groups in total. The Bertz CT molecular complexity index is 1380. The van der Waals surface area contributed by atoms with Crippen LogP contribution in [0.15, 0.2) is 77.7 Å². The van der Waals surface area contributed by atoms with Gasteiger partial charge in [0.15, 0.2) is 0 Å². The molecule has 0 heterocycles. The second kappa shape index (κ2) is 14.3. The van der Waals surface area contributed by atoms with Gasteiger partial charge in [0.2, 0.25) is 11.8 Å². The summed E-state index contributed by atoms with van der Waals surface area (Å²) in [6.45, 7) is 5.59. The Morgan fingerprint density at radius 1 is 0.950 bits per heavy atom. The first-order valence-electron chi connectivity index (χ1n) is 13.2. The van der Waals surface area contributed by atoms with E-state index < -0.39 is 34.3 Å². The lowest BCUT2D eigenvalue weighted by Crippen LogP contribution is -2.52. The molecular weight excluding hydrogens is 553 g/mol. The van der Waals surface area contributed by atoms with E-state index in [1.165, 1.54) is 41.3 Å². The molecule has 0 unspecified atom stereocenters. The van der Waals surface area contributed by atoms with Gasteiger partial charge in [0.25, 0.3) is 10.0 Å². The first-order valence-corrected chi connectivity index (χ1v) is 15.0. The zero-order valence-corrected chi connectivity index (χ0v) is 24.5. The number of hydrogen-bond donors (Lipinski definition) is 1. The lowest BCUT2D eigenvalue weighted by atomic mass is 10.1. The molecule has 0 aliphatic carbocycles. The highest BCUT2D eigenvalue weighted by molar-refractivity contribution is 7.92. The standard InChI is InChI=1S/C30H35ClFN3O4S/c1-4-6-19-33-30(37)28(5-2)34(20-23-9-13-25(32)14-10-23)29(36)21-35(26-15-7-22(3)8-16-26)40(38,39)27-17-11-24(31)12-18-27/h7-18,28H,4-6,19-21H2,1-3H3,(H,33,37)/t28-/m0/s1. The second-order valence-electron chi connectivity index (χ2n) is 9.52. The number of sulfonamides is 1. The van der Waals surface area contributed by atoms with Crippen molar-refractivity contribution < 1.29 is 22.4 Å². The molecule has 40 heavy (non-hydrogen) atoms. The number of hydrogen-bond acceptors (Lipinski definition) is 4. The minimum atomic E-state index is -4.18. The number of amides is 2. The summed E-state index contributed by atoms with van der Waals surface area (Å²) in [6, 6.07) is 17.3. The fraction of sp³-hybridized carbons (Fsp3) is 0.333. The van der Waals surface area contributed by atoms with Crippen LogP contribution >= 0.6 is 11.6 Å². The Labute approximate surface area is 241 Å². The van der Waals surface area contributed by atoms with Crippen molar-refractivity contribution in [2.24, 2.45) is 0 Å². The maximum absolute atomic E-state index is 14.0. The Morgan fingerprint density at radius 2 is 1.57 bits per heavy atom. The number of carbonyl (C=O) groups excluding carboxylic acids is 2. The molecule has 2 amide bonds. The number of anilines is 1. The number of nitrogens with zero attached hydrogens (tertiary/aromatic N) is 2. The van der Waals surface area contributed by atoms with E-state index in [0.717, 1.165) is 22.7 Å². The van der Waals surface area contributed by atoms with Gasteiger partial charge in [-0.15, -0.1) is 0 Å². The highest BCUT2D eigenvalue weighted by Gasteiger charge is 2.33. The first kappa shape index (κ1) is 31.1. The maximum atomic E-state index is 14.0. The molecular formula is C30H35ClFN3O4S. The molecule has 0 aromatic heterocycles. The van der Waals surface area contributed by atoms with E-state index in [4.69, 9.17) is 11.6 Å². The average Bonchev–Trinajstić information content (AvgIpc) is 2.93. The van der Waals surface area contributed by atoms with Crippen LogP contribution in [0, 0.1) is 12.7 Å². The number of benzene rings is 3. The number of halogens is 2. The van der Waals surface area contributed by atoms with Crippen LogP contribution in [-0.2, 0) is 26.2 Å². The summed E-state index contributed by atoms with van der Waals surface area (Å²) in [5, 5.41) is 3.26. The van der Waals surface area contributed by atoms with Crippen LogP contribution in [0.25, 0.3) is 0 Å². The molecule has 10 heteroatoms. The van der Waals surface area contributed by atoms with Crippen LogP contribution in [-0.4, -0.2) is 44.3 Å². The summed E-state index contributed by atoms with van der Waals surface area (Å²) in [5.74, 6) is -1.32. The van der Waals surface area contributed by atoms with Crippen LogP contribution in [0.3, 0.4) is 0 Å². The zero-order chi connectivity index (χ0) is 29.3. The smallest absolute Gasteiger partial charge is 0.264 e. The van der Waals surface area contributed by atoms with Gasteiger partial charge in [-0.2, -0.15) is 0 Å². The molecule has 7 nitrogen and oxygen atoms in total. The predicted molar refractivity (Wildman–Crippen MR) is 156 cm³/mol. The van der Waals surface area contributed by atoms with Crippen LogP contribution in [0.2, 0.25) is 5.02 Å². The van der Waals surface area contributed by atoms with Gasteiger partial charge in [-0.3, -0.25) is 13.9 Å². The molecule has 0 aliphatic rings. The van der Waals surface area contributed by atoms with E-state index in [1.54, 1.807) is 43.3 Å². The van der Waals surface area contributed by atoms with Crippen molar-refractivity contribution in [2.45, 2.75) is 57.5 Å². The third kappa shape index (κ3) is 8.05. The molecule has 1 atom stereocenters. The van der Waals surface area contributed by atoms with E-state index in [-0.39, 0.29) is 17.3 Å². The Kier molecular flexibility index (Phi) is 11.1. The van der Waals surface area contributed by atoms with Crippen molar-refractivity contribution in [1.82, 2.24) is 10.2 Å². The molecule has 0 saturated heterocycles. The van der Waals surface area contributed by atoms with Gasteiger partial charge in [-0.1, -0.05) is 61.7 Å². The van der Waals surface area contributed by atoms with Crippen LogP contribution < -0.4 is 9.62 Å². The first-order chi connectivity index (χ1) is 19.1. The van der Waals surface area contributed by atoms with Crippen LogP contribution in [0.4, 0.5) is 10.1 Å². The molecule has 0 bridgehead atoms. The van der Waals surface area contributed by atoms with Gasteiger partial charge >= 0.3 is 0 Å². The highest BCUT2D eigenvalue weighted by atomic mass is 35.5. The fourth-order valence-electron chi connectivity index (χ4n) is 4.19. The minimum Gasteiger partial charge on any atom is -0.354 e. The monoisotopic (exact) mass is 587 g/mol. The lowest BCUT2D eigenvalue weighted by Gasteiger charge is -2.33. The van der Waals surface area contributed by atoms with Gasteiger partial charge in [0.05, 0.1) is 10.6 Å². The minimum absolute atomic E-state index is 0.00154. The number of unbranched alkanes of at least 4 members (excludes halogenated alkanes) is 1. The van der Waals surface area contributed by atoms with Crippen molar-refractivity contribution in [3.8, 4) is 0 Å². The molecule has 0 spiro atoms. The molecule has 3 rings (SSSR count). The van der Waals surface area contributed by atoms with E-state index in [2.05, 4.69) is 5.32 Å². The normalized spacial score (nSPS) is 12.0. The van der Waals surface area contributed by atoms with Crippen molar-refractivity contribution in [3.63, 3.8) is 0 Å². The van der Waals surface area contributed by atoms with E-state index >= 15 is 0 Å². The Balaban J connectivity index is 2.02. The zero-order valence-electron chi connectivity index (χ0n) is 22.9. The molecule has 0 radical (unpaired) electrons. The highest BCUT2D eigenvalue weighted by Crippen LogP contribution is 2.26. The summed E-state index contributed by atoms with van der Waals surface area (Å²) in [6.07, 6.45) is 1.98. The number of aryl methyl sites for hydroxylation is 1. The molecule has 0 aliphatic heterocycles. The van der Waals surface area contributed by atoms with E-state index in [0.29, 0.717) is 29.2 Å². The van der Waals surface area contributed by atoms with E-state index in [1.807, 2.05) is 13.8 Å². The summed E-state index contributed by atoms with van der Waals surface area (Å²) < 4.78 is 42.3. The van der Waals surface area contributed by atoms with Gasteiger partial charge < -0.3 is 10.2 Å². The second-order valence-corrected chi connectivity index (χ2v) is 11.8. The molecule has 0 fully saturated rings. The summed E-state index contributed by atoms with van der Waals surface area (Å²) in [4.78, 5) is 28.5. The van der Waals surface area contributed by atoms with Gasteiger partial charge in [0, 0.05) is 18.1 Å². The molecule has 3 aromatic rings. The van der Waals surface area contributed by atoms with Crippen LogP contribution in [0.5, 0.6) is 0 Å². The SMILES string of the molecule is CCCCNC(=O)[C@H](CC)N(Cc1ccc(F)cc1)C(=O)CN(c1ccc(C)cc1)S(=O)(=O)c1ccc(Cl)cc1. The largest absolute Gasteiger partial charge is 0.354 e. The maximum Gasteiger partial charge on any atom is 0.264 e. The number of nitrogens with one attached hydrogen (secondary N) is 1. The van der Waals surface area contributed by atoms with Crippen molar-refractivity contribution in [2.75, 3.05) is 17.4 Å². The Morgan fingerprint density at radius 3 is 2.15 bits per heavy atom. The number of rotatable bonds is 13. The van der Waals surface area contributed by atoms with Crippen LogP contribution in [0.1, 0.15) is 44.2 Å². The third-order valence-corrected chi connectivity index (χ3v) is 8.52. The van der Waals surface area contributed by atoms with Gasteiger partial charge in [-0.05, 0) is 73.9 Å². The molecule has 3 aromatic carbocycles. The summed E-state index contributed by atoms with van der Waals surface area (Å²) >= 11 is 5.98. The quantitative estimate of drug-likeness (QED) is 0.260. The summed E-state index contributed by atoms with van der Waals surface area (Å²) in [7, 11) is -4.18. The lowest BCUT2D eigenvalue weighted by molar-refractivity contribution is -0.140. The summed E-state index contributed by atoms with van der Waals surface area (Å²) in [5.41, 5.74) is 1.83. The predicted octanol–water partition coefficient (Wildman–Crippen LogP) is 5.71. The third-order valence-electron chi connectivity index (χ3n) is 6.48. The molecule has 214 valence electrons.